The first kappa shape index (κ1) is 36.3. The van der Waals surface area contributed by atoms with Crippen LogP contribution in [0.1, 0.15) is 112 Å². The largest absolute Gasteiger partial charge is 0.388 e. The summed E-state index contributed by atoms with van der Waals surface area (Å²) in [5.41, 5.74) is 8.14. The van der Waals surface area contributed by atoms with Crippen LogP contribution in [0.25, 0.3) is 21.8 Å². The zero-order chi connectivity index (χ0) is 36.5. The summed E-state index contributed by atoms with van der Waals surface area (Å²) in [6.07, 6.45) is 12.5. The van der Waals surface area contributed by atoms with Gasteiger partial charge >= 0.3 is 0 Å². The third-order valence-corrected chi connectivity index (χ3v) is 10.1. The van der Waals surface area contributed by atoms with Gasteiger partial charge in [-0.2, -0.15) is 0 Å². The molecule has 266 valence electrons. The van der Waals surface area contributed by atoms with E-state index in [1.54, 1.807) is 8.80 Å². The number of nitrogens with one attached hydrogen (secondary N) is 2. The topological polar surface area (TPSA) is 67.0 Å². The van der Waals surface area contributed by atoms with E-state index in [0.717, 1.165) is 96.0 Å². The second-order valence-corrected chi connectivity index (χ2v) is 13.7. The predicted molar refractivity (Wildman–Crippen MR) is 218 cm³/mol. The van der Waals surface area contributed by atoms with Crippen molar-refractivity contribution in [3.63, 3.8) is 0 Å². The summed E-state index contributed by atoms with van der Waals surface area (Å²) in [6.45, 7) is 4.44. The lowest BCUT2D eigenvalue weighted by atomic mass is 9.95. The standard InChI is InChI=1S/C46H50N4O2/c1-5-7-9-11-13-15-39-41-31-29-37(27-21-33-17-23-35(47-3)24-18-33)49(41)46(52)44-40(16-14-12-10-8-6-2)42-32-30-38(50(42)45(51)43(39)44)28-22-34-19-25-36(48-4)26-20-34/h17-20,23-26,29-32,47-48H,5-16H2,1-4H3. The van der Waals surface area contributed by atoms with Crippen LogP contribution in [0.4, 0.5) is 11.4 Å². The number of pyridine rings is 2. The number of aromatic nitrogens is 2. The summed E-state index contributed by atoms with van der Waals surface area (Å²) in [5.74, 6) is 13.2. The molecule has 0 saturated carbocycles. The van der Waals surface area contributed by atoms with Gasteiger partial charge < -0.3 is 10.6 Å². The fraction of sp³-hybridized carbons (Fsp3) is 0.348. The van der Waals surface area contributed by atoms with Crippen LogP contribution < -0.4 is 21.8 Å². The van der Waals surface area contributed by atoms with Gasteiger partial charge in [-0.1, -0.05) is 77.1 Å². The quantitative estimate of drug-likeness (QED) is 0.0883. The average molecular weight is 691 g/mol. The number of aryl methyl sites for hydroxylation is 2. The highest BCUT2D eigenvalue weighted by atomic mass is 16.1. The maximum absolute atomic E-state index is 14.9. The Labute approximate surface area is 307 Å². The van der Waals surface area contributed by atoms with E-state index >= 15 is 0 Å². The van der Waals surface area contributed by atoms with E-state index in [0.29, 0.717) is 35.0 Å². The molecule has 0 aliphatic carbocycles. The Morgan fingerprint density at radius 1 is 0.481 bits per heavy atom. The number of unbranched alkanes of at least 4 members (excludes halogenated alkanes) is 8. The Morgan fingerprint density at radius 2 is 0.865 bits per heavy atom. The van der Waals surface area contributed by atoms with Crippen molar-refractivity contribution in [3.05, 3.63) is 127 Å². The Balaban J connectivity index is 1.58. The van der Waals surface area contributed by atoms with Gasteiger partial charge in [0, 0.05) is 36.6 Å². The van der Waals surface area contributed by atoms with Gasteiger partial charge in [0.2, 0.25) is 0 Å². The van der Waals surface area contributed by atoms with E-state index in [4.69, 9.17) is 0 Å². The molecule has 4 aromatic heterocycles. The fourth-order valence-corrected chi connectivity index (χ4v) is 7.26. The van der Waals surface area contributed by atoms with Crippen LogP contribution in [0.15, 0.2) is 82.4 Å². The highest BCUT2D eigenvalue weighted by molar-refractivity contribution is 5.96. The predicted octanol–water partition coefficient (Wildman–Crippen LogP) is 9.41. The van der Waals surface area contributed by atoms with Gasteiger partial charge in [0.05, 0.1) is 21.8 Å². The van der Waals surface area contributed by atoms with Crippen LogP contribution in [0.5, 0.6) is 0 Å². The molecule has 2 N–H and O–H groups in total. The van der Waals surface area contributed by atoms with Crippen LogP contribution in [0.2, 0.25) is 0 Å². The van der Waals surface area contributed by atoms with Crippen LogP contribution in [-0.2, 0) is 12.8 Å². The first-order chi connectivity index (χ1) is 25.5. The molecule has 0 saturated heterocycles. The third kappa shape index (κ3) is 7.73. The lowest BCUT2D eigenvalue weighted by molar-refractivity contribution is 0.632. The van der Waals surface area contributed by atoms with Crippen molar-refractivity contribution in [1.29, 1.82) is 0 Å². The van der Waals surface area contributed by atoms with Crippen molar-refractivity contribution in [3.8, 4) is 23.7 Å². The van der Waals surface area contributed by atoms with Crippen LogP contribution in [-0.4, -0.2) is 22.9 Å². The van der Waals surface area contributed by atoms with Crippen molar-refractivity contribution in [1.82, 2.24) is 8.80 Å². The lowest BCUT2D eigenvalue weighted by Crippen LogP contribution is -2.25. The number of hydrogen-bond donors (Lipinski definition) is 2. The molecule has 0 aliphatic rings. The number of rotatable bonds is 14. The van der Waals surface area contributed by atoms with Gasteiger partial charge in [0.25, 0.3) is 11.1 Å². The summed E-state index contributed by atoms with van der Waals surface area (Å²) >= 11 is 0. The Kier molecular flexibility index (Phi) is 12.0. The van der Waals surface area contributed by atoms with Crippen molar-refractivity contribution >= 4 is 33.2 Å². The van der Waals surface area contributed by atoms with E-state index in [1.807, 2.05) is 86.9 Å². The second kappa shape index (κ2) is 17.2. The minimum absolute atomic E-state index is 0.166. The molecule has 0 spiro atoms. The monoisotopic (exact) mass is 690 g/mol. The Hall–Kier alpha value is -5.46. The van der Waals surface area contributed by atoms with Gasteiger partial charge in [-0.15, -0.1) is 0 Å². The Bertz CT molecular complexity index is 2220. The highest BCUT2D eigenvalue weighted by Crippen LogP contribution is 2.29. The van der Waals surface area contributed by atoms with Crippen LogP contribution in [0, 0.1) is 23.7 Å². The van der Waals surface area contributed by atoms with E-state index in [1.165, 1.54) is 12.8 Å². The SMILES string of the molecule is CCCCCCCc1c2c(=O)n3c(C#Cc4ccc(NC)cc4)ccc3c(CCCCCCC)c2c(=O)n2c(C#Cc3ccc(NC)cc3)ccc12. The molecule has 6 heteroatoms. The molecular formula is C46H50N4O2. The summed E-state index contributed by atoms with van der Waals surface area (Å²) < 4.78 is 3.54. The summed E-state index contributed by atoms with van der Waals surface area (Å²) in [7, 11) is 3.78. The van der Waals surface area contributed by atoms with Crippen molar-refractivity contribution in [2.24, 2.45) is 0 Å². The molecule has 0 amide bonds. The van der Waals surface area contributed by atoms with Crippen molar-refractivity contribution < 1.29 is 0 Å². The molecule has 6 aromatic rings. The molecule has 2 aromatic carbocycles. The molecule has 0 unspecified atom stereocenters. The van der Waals surface area contributed by atoms with E-state index in [9.17, 15) is 9.59 Å². The smallest absolute Gasteiger partial charge is 0.264 e. The first-order valence-corrected chi connectivity index (χ1v) is 19.1. The van der Waals surface area contributed by atoms with Gasteiger partial charge in [-0.05, 0) is 121 Å². The second-order valence-electron chi connectivity index (χ2n) is 13.7. The molecule has 0 aliphatic heterocycles. The van der Waals surface area contributed by atoms with Gasteiger partial charge in [0.1, 0.15) is 11.4 Å². The zero-order valence-corrected chi connectivity index (χ0v) is 31.1. The molecule has 0 radical (unpaired) electrons. The molecule has 0 fully saturated rings. The van der Waals surface area contributed by atoms with Crippen molar-refractivity contribution in [2.75, 3.05) is 24.7 Å². The van der Waals surface area contributed by atoms with Gasteiger partial charge in [-0.25, -0.2) is 0 Å². The molecule has 6 rings (SSSR count). The maximum Gasteiger partial charge on any atom is 0.264 e. The number of anilines is 2. The van der Waals surface area contributed by atoms with Gasteiger partial charge in [-0.3, -0.25) is 18.4 Å². The highest BCUT2D eigenvalue weighted by Gasteiger charge is 2.23. The van der Waals surface area contributed by atoms with Crippen molar-refractivity contribution in [2.45, 2.75) is 90.9 Å². The summed E-state index contributed by atoms with van der Waals surface area (Å²) in [5, 5.41) is 7.37. The maximum atomic E-state index is 14.9. The third-order valence-electron chi connectivity index (χ3n) is 10.1. The normalized spacial score (nSPS) is 11.1. The van der Waals surface area contributed by atoms with E-state index in [2.05, 4.69) is 48.2 Å². The molecule has 0 atom stereocenters. The van der Waals surface area contributed by atoms with Crippen LogP contribution in [0.3, 0.4) is 0 Å². The van der Waals surface area contributed by atoms with E-state index < -0.39 is 0 Å². The van der Waals surface area contributed by atoms with E-state index in [-0.39, 0.29) is 11.1 Å². The average Bonchev–Trinajstić information content (AvgIpc) is 3.81. The zero-order valence-electron chi connectivity index (χ0n) is 31.1. The molecular weight excluding hydrogens is 641 g/mol. The number of nitrogens with zero attached hydrogens (tertiary/aromatic N) is 2. The van der Waals surface area contributed by atoms with Gasteiger partial charge in [0.15, 0.2) is 0 Å². The number of fused-ring (bicyclic) bond motifs is 3. The number of benzene rings is 2. The number of hydrogen-bond acceptors (Lipinski definition) is 4. The fourth-order valence-electron chi connectivity index (χ4n) is 7.26. The lowest BCUT2D eigenvalue weighted by Gasteiger charge is -2.15. The first-order valence-electron chi connectivity index (χ1n) is 19.1. The summed E-state index contributed by atoms with van der Waals surface area (Å²) in [4.78, 5) is 29.7. The minimum atomic E-state index is -0.166. The minimum Gasteiger partial charge on any atom is -0.388 e. The molecule has 4 heterocycles. The Morgan fingerprint density at radius 3 is 1.23 bits per heavy atom. The molecule has 52 heavy (non-hydrogen) atoms. The molecule has 6 nitrogen and oxygen atoms in total. The van der Waals surface area contributed by atoms with Crippen LogP contribution >= 0.6 is 0 Å². The molecule has 0 bridgehead atoms. The summed E-state index contributed by atoms with van der Waals surface area (Å²) in [6, 6.07) is 23.7.